The van der Waals surface area contributed by atoms with E-state index < -0.39 is 11.9 Å². The summed E-state index contributed by atoms with van der Waals surface area (Å²) in [5, 5.41) is 2.38. The molecule has 4 heteroatoms. The van der Waals surface area contributed by atoms with Crippen LogP contribution in [0, 0.1) is 12.3 Å². The number of hydrogen-bond acceptors (Lipinski definition) is 3. The number of carbonyl (C=O) groups is 2. The van der Waals surface area contributed by atoms with E-state index in [0.717, 1.165) is 7.11 Å². The van der Waals surface area contributed by atoms with E-state index >= 15 is 0 Å². The van der Waals surface area contributed by atoms with Crippen LogP contribution in [-0.4, -0.2) is 25.0 Å². The van der Waals surface area contributed by atoms with Crippen molar-refractivity contribution in [3.05, 3.63) is 0 Å². The van der Waals surface area contributed by atoms with E-state index in [9.17, 15) is 9.59 Å². The first-order valence-electron chi connectivity index (χ1n) is 3.44. The second kappa shape index (κ2) is 5.19. The molecule has 1 unspecified atom stereocenters. The lowest BCUT2D eigenvalue weighted by molar-refractivity contribution is -0.153. The van der Waals surface area contributed by atoms with Crippen LogP contribution in [0.3, 0.4) is 0 Å². The van der Waals surface area contributed by atoms with Crippen LogP contribution < -0.4 is 5.32 Å². The number of ether oxygens (including phenoxy) is 1. The SMILES string of the molecule is C#CCC(C)NC(=O)C(=O)OC. The molecule has 0 saturated heterocycles. The number of carbonyl (C=O) groups excluding carboxylic acids is 2. The maximum absolute atomic E-state index is 10.8. The van der Waals surface area contributed by atoms with Gasteiger partial charge in [0.15, 0.2) is 0 Å². The van der Waals surface area contributed by atoms with Gasteiger partial charge in [0.2, 0.25) is 0 Å². The van der Waals surface area contributed by atoms with Gasteiger partial charge in [0.05, 0.1) is 7.11 Å². The van der Waals surface area contributed by atoms with E-state index in [-0.39, 0.29) is 6.04 Å². The minimum absolute atomic E-state index is 0.207. The summed E-state index contributed by atoms with van der Waals surface area (Å²) >= 11 is 0. The Kier molecular flexibility index (Phi) is 4.54. The molecule has 0 fully saturated rings. The second-order valence-corrected chi connectivity index (χ2v) is 2.27. The molecule has 12 heavy (non-hydrogen) atoms. The average molecular weight is 169 g/mol. The Morgan fingerprint density at radius 2 is 2.25 bits per heavy atom. The molecule has 1 atom stereocenters. The Morgan fingerprint density at radius 3 is 2.67 bits per heavy atom. The Morgan fingerprint density at radius 1 is 1.67 bits per heavy atom. The highest BCUT2D eigenvalue weighted by atomic mass is 16.5. The molecule has 0 aliphatic carbocycles. The van der Waals surface area contributed by atoms with E-state index in [2.05, 4.69) is 16.0 Å². The number of amides is 1. The van der Waals surface area contributed by atoms with Crippen molar-refractivity contribution in [1.29, 1.82) is 0 Å². The molecule has 0 bridgehead atoms. The molecule has 4 nitrogen and oxygen atoms in total. The first kappa shape index (κ1) is 10.5. The molecule has 0 aliphatic heterocycles. The quantitative estimate of drug-likeness (QED) is 0.350. The van der Waals surface area contributed by atoms with Crippen molar-refractivity contribution in [2.75, 3.05) is 7.11 Å². The smallest absolute Gasteiger partial charge is 0.396 e. The van der Waals surface area contributed by atoms with Crippen molar-refractivity contribution in [2.45, 2.75) is 19.4 Å². The number of nitrogens with one attached hydrogen (secondary N) is 1. The van der Waals surface area contributed by atoms with Gasteiger partial charge in [-0.3, -0.25) is 4.79 Å². The Labute approximate surface area is 71.3 Å². The lowest BCUT2D eigenvalue weighted by atomic mass is 10.2. The van der Waals surface area contributed by atoms with Gasteiger partial charge in [0.1, 0.15) is 0 Å². The summed E-state index contributed by atoms with van der Waals surface area (Å²) in [7, 11) is 1.15. The molecular formula is C8H11NO3. The van der Waals surface area contributed by atoms with Crippen molar-refractivity contribution >= 4 is 11.9 Å². The standard InChI is InChI=1S/C8H11NO3/c1-4-5-6(2)9-7(10)8(11)12-3/h1,6H,5H2,2-3H3,(H,9,10). The third-order valence-electron chi connectivity index (χ3n) is 1.17. The maximum atomic E-state index is 10.8. The highest BCUT2D eigenvalue weighted by Gasteiger charge is 2.15. The molecular weight excluding hydrogens is 158 g/mol. The molecule has 1 amide bonds. The summed E-state index contributed by atoms with van der Waals surface area (Å²) < 4.78 is 4.19. The van der Waals surface area contributed by atoms with Crippen LogP contribution in [-0.2, 0) is 14.3 Å². The summed E-state index contributed by atoms with van der Waals surface area (Å²) in [6.07, 6.45) is 5.39. The van der Waals surface area contributed by atoms with Crippen LogP contribution in [0.25, 0.3) is 0 Å². The lowest BCUT2D eigenvalue weighted by Crippen LogP contribution is -2.37. The van der Waals surface area contributed by atoms with Gasteiger partial charge in [-0.1, -0.05) is 0 Å². The highest BCUT2D eigenvalue weighted by molar-refractivity contribution is 6.32. The number of rotatable bonds is 2. The fourth-order valence-corrected chi connectivity index (χ4v) is 0.603. The lowest BCUT2D eigenvalue weighted by Gasteiger charge is -2.08. The van der Waals surface area contributed by atoms with Gasteiger partial charge in [-0.15, -0.1) is 12.3 Å². The highest BCUT2D eigenvalue weighted by Crippen LogP contribution is 1.87. The topological polar surface area (TPSA) is 55.4 Å². The molecule has 0 aromatic carbocycles. The van der Waals surface area contributed by atoms with Crippen molar-refractivity contribution in [1.82, 2.24) is 5.32 Å². The predicted octanol–water partition coefficient (Wildman–Crippen LogP) is -0.313. The summed E-state index contributed by atoms with van der Waals surface area (Å²) in [5.74, 6) is 0.695. The molecule has 0 spiro atoms. The first-order valence-corrected chi connectivity index (χ1v) is 3.44. The fraction of sp³-hybridized carbons (Fsp3) is 0.500. The Hall–Kier alpha value is -1.50. The molecule has 66 valence electrons. The van der Waals surface area contributed by atoms with Crippen LogP contribution in [0.2, 0.25) is 0 Å². The molecule has 0 aromatic rings. The molecule has 0 saturated carbocycles. The van der Waals surface area contributed by atoms with Crippen LogP contribution >= 0.6 is 0 Å². The molecule has 0 aliphatic rings. The minimum atomic E-state index is -0.904. The molecule has 0 heterocycles. The van der Waals surface area contributed by atoms with E-state index in [1.807, 2.05) is 0 Å². The van der Waals surface area contributed by atoms with E-state index in [4.69, 9.17) is 6.42 Å². The third kappa shape index (κ3) is 3.62. The van der Waals surface area contributed by atoms with Crippen LogP contribution in [0.4, 0.5) is 0 Å². The van der Waals surface area contributed by atoms with Gasteiger partial charge >= 0.3 is 11.9 Å². The van der Waals surface area contributed by atoms with Gasteiger partial charge in [0.25, 0.3) is 0 Å². The summed E-state index contributed by atoms with van der Waals surface area (Å²) in [4.78, 5) is 21.4. The van der Waals surface area contributed by atoms with Gasteiger partial charge in [0, 0.05) is 12.5 Å². The van der Waals surface area contributed by atoms with E-state index in [1.54, 1.807) is 6.92 Å². The molecule has 0 aromatic heterocycles. The largest absolute Gasteiger partial charge is 0.462 e. The third-order valence-corrected chi connectivity index (χ3v) is 1.17. The number of terminal acetylenes is 1. The zero-order valence-electron chi connectivity index (χ0n) is 7.09. The van der Waals surface area contributed by atoms with Crippen molar-refractivity contribution in [3.63, 3.8) is 0 Å². The zero-order chi connectivity index (χ0) is 9.56. The predicted molar refractivity (Wildman–Crippen MR) is 43.1 cm³/mol. The Bertz CT molecular complexity index is 217. The van der Waals surface area contributed by atoms with E-state index in [1.165, 1.54) is 0 Å². The average Bonchev–Trinajstić information content (AvgIpc) is 2.03. The van der Waals surface area contributed by atoms with Gasteiger partial charge in [-0.25, -0.2) is 4.79 Å². The van der Waals surface area contributed by atoms with Crippen molar-refractivity contribution in [3.8, 4) is 12.3 Å². The maximum Gasteiger partial charge on any atom is 0.396 e. The normalized spacial score (nSPS) is 11.1. The Balaban J connectivity index is 3.85. The molecule has 0 rings (SSSR count). The van der Waals surface area contributed by atoms with Gasteiger partial charge < -0.3 is 10.1 Å². The molecule has 1 N–H and O–H groups in total. The minimum Gasteiger partial charge on any atom is -0.462 e. The van der Waals surface area contributed by atoms with Gasteiger partial charge in [-0.2, -0.15) is 0 Å². The first-order chi connectivity index (χ1) is 5.61. The van der Waals surface area contributed by atoms with Gasteiger partial charge in [-0.05, 0) is 6.92 Å². The second-order valence-electron chi connectivity index (χ2n) is 2.27. The molecule has 0 radical (unpaired) electrons. The van der Waals surface area contributed by atoms with Crippen LogP contribution in [0.5, 0.6) is 0 Å². The van der Waals surface area contributed by atoms with Crippen LogP contribution in [0.15, 0.2) is 0 Å². The number of esters is 1. The van der Waals surface area contributed by atoms with Crippen LogP contribution in [0.1, 0.15) is 13.3 Å². The van der Waals surface area contributed by atoms with Crippen molar-refractivity contribution in [2.24, 2.45) is 0 Å². The summed E-state index contributed by atoms with van der Waals surface area (Å²) in [6, 6.07) is -0.207. The fourth-order valence-electron chi connectivity index (χ4n) is 0.603. The van der Waals surface area contributed by atoms with E-state index in [0.29, 0.717) is 6.42 Å². The summed E-state index contributed by atoms with van der Waals surface area (Å²) in [6.45, 7) is 1.71. The monoisotopic (exact) mass is 169 g/mol. The van der Waals surface area contributed by atoms with Crippen molar-refractivity contribution < 1.29 is 14.3 Å². The zero-order valence-corrected chi connectivity index (χ0v) is 7.09. The number of methoxy groups -OCH3 is 1. The number of hydrogen-bond donors (Lipinski definition) is 1. The summed E-state index contributed by atoms with van der Waals surface area (Å²) in [5.41, 5.74) is 0.